The molecule has 0 saturated carbocycles. The molecule has 1 fully saturated rings. The summed E-state index contributed by atoms with van der Waals surface area (Å²) in [7, 11) is 3.23. The van der Waals surface area contributed by atoms with Gasteiger partial charge in [-0.3, -0.25) is 24.2 Å². The summed E-state index contributed by atoms with van der Waals surface area (Å²) in [6, 6.07) is 9.42. The Kier molecular flexibility index (Phi) is 4.97. The highest BCUT2D eigenvalue weighted by Gasteiger charge is 2.48. The van der Waals surface area contributed by atoms with Crippen molar-refractivity contribution in [3.05, 3.63) is 57.2 Å². The maximum Gasteiger partial charge on any atom is 0.331 e. The van der Waals surface area contributed by atoms with E-state index in [0.717, 1.165) is 32.9 Å². The van der Waals surface area contributed by atoms with Crippen LogP contribution in [-0.2, 0) is 23.1 Å². The molecule has 2 atom stereocenters. The first kappa shape index (κ1) is 21.2. The van der Waals surface area contributed by atoms with Gasteiger partial charge in [0.15, 0.2) is 5.92 Å². The number of hydrogen-bond acceptors (Lipinski definition) is 6. The molecular formula is C23H21N3O6S. The van der Waals surface area contributed by atoms with E-state index in [2.05, 4.69) is 0 Å². The lowest BCUT2D eigenvalue weighted by Gasteiger charge is -2.40. The summed E-state index contributed by atoms with van der Waals surface area (Å²) >= 11 is 1.05. The molecule has 9 nitrogen and oxygen atoms in total. The van der Waals surface area contributed by atoms with Crippen LogP contribution in [0.2, 0.25) is 0 Å². The third-order valence-corrected chi connectivity index (χ3v) is 7.45. The van der Waals surface area contributed by atoms with E-state index in [0.29, 0.717) is 29.0 Å². The first-order valence-electron chi connectivity index (χ1n) is 10.4. The summed E-state index contributed by atoms with van der Waals surface area (Å²) in [5.41, 5.74) is 2.88. The van der Waals surface area contributed by atoms with Crippen LogP contribution < -0.4 is 14.5 Å². The Hall–Kier alpha value is -3.66. The number of aromatic nitrogens is 1. The number of carbonyl (C=O) groups is 3. The van der Waals surface area contributed by atoms with E-state index in [1.54, 1.807) is 38.4 Å². The molecule has 5 rings (SSSR count). The molecule has 0 radical (unpaired) electrons. The fraction of sp³-hybridized carbons (Fsp3) is 0.304. The largest absolute Gasteiger partial charge is 0.496 e. The van der Waals surface area contributed by atoms with Crippen LogP contribution in [0.15, 0.2) is 41.2 Å². The lowest BCUT2D eigenvalue weighted by Crippen LogP contribution is -2.59. The fourth-order valence-electron chi connectivity index (χ4n) is 4.77. The van der Waals surface area contributed by atoms with Gasteiger partial charge < -0.3 is 14.4 Å². The minimum absolute atomic E-state index is 0.135. The first-order valence-corrected chi connectivity index (χ1v) is 11.3. The van der Waals surface area contributed by atoms with Gasteiger partial charge in [-0.05, 0) is 48.2 Å². The van der Waals surface area contributed by atoms with Crippen molar-refractivity contribution in [1.82, 2.24) is 9.47 Å². The van der Waals surface area contributed by atoms with Crippen LogP contribution in [0.25, 0.3) is 10.2 Å². The number of carbonyl (C=O) groups excluding carboxylic acids is 2. The standard InChI is InChI=1S/C23H21N3O6S/c1-24-17-8-6-12(10-19(17)33-23(24)31)25-11-15(21(28)29)20(27)26(22(25)30)16-9-7-14-13(16)4-3-5-18(14)32-2/h3-6,8,10,15-16H,7,9,11H2,1-2H3,(H,28,29). The van der Waals surface area contributed by atoms with Gasteiger partial charge in [-0.25, -0.2) is 4.79 Å². The molecule has 2 unspecified atom stereocenters. The van der Waals surface area contributed by atoms with Gasteiger partial charge in [-0.2, -0.15) is 0 Å². The molecule has 3 amide bonds. The monoisotopic (exact) mass is 467 g/mol. The zero-order chi connectivity index (χ0) is 23.4. The van der Waals surface area contributed by atoms with Gasteiger partial charge in [0.2, 0.25) is 5.91 Å². The van der Waals surface area contributed by atoms with Crippen molar-refractivity contribution in [2.45, 2.75) is 18.9 Å². The van der Waals surface area contributed by atoms with E-state index in [-0.39, 0.29) is 11.4 Å². The highest BCUT2D eigenvalue weighted by molar-refractivity contribution is 7.16. The second-order valence-electron chi connectivity index (χ2n) is 8.15. The Morgan fingerprint density at radius 1 is 1.18 bits per heavy atom. The third-order valence-electron chi connectivity index (χ3n) is 6.45. The number of thiazole rings is 1. The van der Waals surface area contributed by atoms with Crippen molar-refractivity contribution < 1.29 is 24.2 Å². The molecular weight excluding hydrogens is 446 g/mol. The van der Waals surface area contributed by atoms with E-state index >= 15 is 0 Å². The Morgan fingerprint density at radius 3 is 2.70 bits per heavy atom. The number of anilines is 1. The number of fused-ring (bicyclic) bond motifs is 2. The number of rotatable bonds is 4. The minimum Gasteiger partial charge on any atom is -0.496 e. The molecule has 1 N–H and O–H groups in total. The van der Waals surface area contributed by atoms with Gasteiger partial charge in [0.1, 0.15) is 5.75 Å². The second kappa shape index (κ2) is 7.73. The molecule has 170 valence electrons. The number of aryl methyl sites for hydroxylation is 1. The number of carboxylic acid groups (broad SMARTS) is 1. The quantitative estimate of drug-likeness (QED) is 0.591. The van der Waals surface area contributed by atoms with Gasteiger partial charge >= 0.3 is 16.9 Å². The predicted octanol–water partition coefficient (Wildman–Crippen LogP) is 2.77. The number of amides is 3. The molecule has 33 heavy (non-hydrogen) atoms. The van der Waals surface area contributed by atoms with Crippen molar-refractivity contribution in [2.24, 2.45) is 13.0 Å². The molecule has 10 heteroatoms. The second-order valence-corrected chi connectivity index (χ2v) is 9.15. The van der Waals surface area contributed by atoms with Crippen molar-refractivity contribution >= 4 is 45.1 Å². The number of aliphatic carboxylic acids is 1. The summed E-state index contributed by atoms with van der Waals surface area (Å²) in [5.74, 6) is -2.70. The molecule has 1 aliphatic heterocycles. The van der Waals surface area contributed by atoms with Crippen molar-refractivity contribution in [1.29, 1.82) is 0 Å². The van der Waals surface area contributed by atoms with Crippen molar-refractivity contribution in [3.63, 3.8) is 0 Å². The normalized spacial score (nSPS) is 20.4. The molecule has 1 aliphatic carbocycles. The Labute approximate surface area is 192 Å². The summed E-state index contributed by atoms with van der Waals surface area (Å²) in [4.78, 5) is 53.1. The molecule has 0 spiro atoms. The number of methoxy groups -OCH3 is 1. The van der Waals surface area contributed by atoms with Crippen LogP contribution in [0, 0.1) is 5.92 Å². The van der Waals surface area contributed by atoms with E-state index in [1.165, 1.54) is 9.47 Å². The maximum atomic E-state index is 13.6. The Balaban J connectivity index is 1.58. The van der Waals surface area contributed by atoms with E-state index in [4.69, 9.17) is 4.74 Å². The molecule has 2 heterocycles. The average Bonchev–Trinajstić information content (AvgIpc) is 3.34. The predicted molar refractivity (Wildman–Crippen MR) is 122 cm³/mol. The van der Waals surface area contributed by atoms with Gasteiger partial charge in [0, 0.05) is 19.3 Å². The zero-order valence-electron chi connectivity index (χ0n) is 18.0. The van der Waals surface area contributed by atoms with Gasteiger partial charge in [0.25, 0.3) is 0 Å². The Bertz CT molecular complexity index is 1380. The maximum absolute atomic E-state index is 13.6. The lowest BCUT2D eigenvalue weighted by molar-refractivity contribution is -0.151. The fourth-order valence-corrected chi connectivity index (χ4v) is 5.68. The van der Waals surface area contributed by atoms with Gasteiger partial charge in [-0.15, -0.1) is 0 Å². The SMILES string of the molecule is COc1cccc2c1CCC2N1C(=O)C(C(=O)O)CN(c2ccc3c(c2)sc(=O)n3C)C1=O. The van der Waals surface area contributed by atoms with Crippen LogP contribution in [0.5, 0.6) is 5.75 Å². The summed E-state index contributed by atoms with van der Waals surface area (Å²) in [6.07, 6.45) is 1.11. The highest BCUT2D eigenvalue weighted by Crippen LogP contribution is 2.42. The van der Waals surface area contributed by atoms with Crippen LogP contribution in [0.3, 0.4) is 0 Å². The minimum atomic E-state index is -1.39. The van der Waals surface area contributed by atoms with Crippen molar-refractivity contribution in [2.75, 3.05) is 18.6 Å². The van der Waals surface area contributed by atoms with Crippen LogP contribution >= 0.6 is 11.3 Å². The number of urea groups is 1. The highest BCUT2D eigenvalue weighted by atomic mass is 32.1. The van der Waals surface area contributed by atoms with Crippen LogP contribution in [0.1, 0.15) is 23.6 Å². The molecule has 2 aliphatic rings. The van der Waals surface area contributed by atoms with E-state index < -0.39 is 29.9 Å². The number of nitrogens with zero attached hydrogens (tertiary/aromatic N) is 3. The van der Waals surface area contributed by atoms with Crippen molar-refractivity contribution in [3.8, 4) is 5.75 Å². The number of ether oxygens (including phenoxy) is 1. The number of imide groups is 1. The summed E-state index contributed by atoms with van der Waals surface area (Å²) in [5, 5.41) is 9.76. The summed E-state index contributed by atoms with van der Waals surface area (Å²) < 4.78 is 7.62. The van der Waals surface area contributed by atoms with E-state index in [9.17, 15) is 24.3 Å². The topological polar surface area (TPSA) is 109 Å². The van der Waals surface area contributed by atoms with E-state index in [1.807, 2.05) is 12.1 Å². The molecule has 1 aromatic heterocycles. The lowest BCUT2D eigenvalue weighted by atomic mass is 10.00. The van der Waals surface area contributed by atoms with Crippen LogP contribution in [0.4, 0.5) is 10.5 Å². The zero-order valence-corrected chi connectivity index (χ0v) is 18.8. The molecule has 1 saturated heterocycles. The van der Waals surface area contributed by atoms with Crippen LogP contribution in [-0.4, -0.2) is 46.1 Å². The number of carboxylic acids is 1. The third kappa shape index (κ3) is 3.20. The Morgan fingerprint density at radius 2 is 1.97 bits per heavy atom. The average molecular weight is 468 g/mol. The molecule has 3 aromatic rings. The molecule has 0 bridgehead atoms. The van der Waals surface area contributed by atoms with Gasteiger partial charge in [-0.1, -0.05) is 23.5 Å². The number of benzene rings is 2. The number of hydrogen-bond donors (Lipinski definition) is 1. The van der Waals surface area contributed by atoms with Gasteiger partial charge in [0.05, 0.1) is 23.4 Å². The summed E-state index contributed by atoms with van der Waals surface area (Å²) in [6.45, 7) is -0.269. The smallest absolute Gasteiger partial charge is 0.331 e. The molecule has 2 aromatic carbocycles. The first-order chi connectivity index (χ1) is 15.8.